The molecule has 0 radical (unpaired) electrons. The molecule has 0 aliphatic carbocycles. The maximum absolute atomic E-state index is 12.4. The van der Waals surface area contributed by atoms with Crippen molar-refractivity contribution in [2.24, 2.45) is 7.05 Å². The van der Waals surface area contributed by atoms with Gasteiger partial charge in [-0.05, 0) is 6.08 Å². The molecule has 0 aromatic carbocycles. The molecular weight excluding hydrogens is 320 g/mol. The van der Waals surface area contributed by atoms with Crippen LogP contribution in [0.1, 0.15) is 5.69 Å². The van der Waals surface area contributed by atoms with Crippen molar-refractivity contribution in [3.8, 4) is 0 Å². The van der Waals surface area contributed by atoms with E-state index in [9.17, 15) is 14.7 Å². The number of amides is 1. The summed E-state index contributed by atoms with van der Waals surface area (Å²) in [5.41, 5.74) is 1.03. The van der Waals surface area contributed by atoms with Gasteiger partial charge in [-0.25, -0.2) is 9.78 Å². The lowest BCUT2D eigenvalue weighted by Gasteiger charge is -2.36. The minimum absolute atomic E-state index is 0.0284. The van der Waals surface area contributed by atoms with Gasteiger partial charge in [0, 0.05) is 19.4 Å². The summed E-state index contributed by atoms with van der Waals surface area (Å²) in [5, 5.41) is 17.3. The van der Waals surface area contributed by atoms with Crippen molar-refractivity contribution >= 4 is 34.7 Å². The molecular formula is C13H10N6O3S. The Labute approximate surface area is 133 Å². The number of carboxylic acids is 1. The van der Waals surface area contributed by atoms with Gasteiger partial charge >= 0.3 is 5.97 Å². The van der Waals surface area contributed by atoms with Gasteiger partial charge in [0.2, 0.25) is 0 Å². The third-order valence-corrected chi connectivity index (χ3v) is 4.81. The van der Waals surface area contributed by atoms with Crippen LogP contribution in [0.2, 0.25) is 0 Å². The number of nitrogens with zero attached hydrogens (tertiary/aromatic N) is 6. The average molecular weight is 330 g/mol. The van der Waals surface area contributed by atoms with Gasteiger partial charge < -0.3 is 5.11 Å². The van der Waals surface area contributed by atoms with E-state index in [0.717, 1.165) is 0 Å². The Hall–Kier alpha value is -2.88. The fraction of sp³-hybridized carbons (Fsp3) is 0.154. The summed E-state index contributed by atoms with van der Waals surface area (Å²) in [6.45, 7) is 0. The molecule has 1 amide bonds. The lowest BCUT2D eigenvalue weighted by molar-refractivity contribution is -0.140. The summed E-state index contributed by atoms with van der Waals surface area (Å²) in [6.07, 6.45) is 8.03. The molecule has 1 saturated heterocycles. The van der Waals surface area contributed by atoms with Crippen molar-refractivity contribution in [2.45, 2.75) is 5.37 Å². The number of hydrogen-bond donors (Lipinski definition) is 1. The lowest BCUT2D eigenvalue weighted by Crippen LogP contribution is -2.51. The lowest BCUT2D eigenvalue weighted by atomic mass is 10.0. The van der Waals surface area contributed by atoms with Crippen molar-refractivity contribution in [3.05, 3.63) is 41.9 Å². The molecule has 4 heterocycles. The second kappa shape index (κ2) is 4.81. The van der Waals surface area contributed by atoms with Crippen LogP contribution in [0.3, 0.4) is 0 Å². The summed E-state index contributed by atoms with van der Waals surface area (Å²) in [7, 11) is 1.73. The first-order valence-electron chi connectivity index (χ1n) is 6.60. The smallest absolute Gasteiger partial charge is 0.355 e. The van der Waals surface area contributed by atoms with E-state index in [4.69, 9.17) is 0 Å². The highest BCUT2D eigenvalue weighted by Gasteiger charge is 2.53. The third-order valence-electron chi connectivity index (χ3n) is 3.50. The largest absolute Gasteiger partial charge is 0.476 e. The maximum Gasteiger partial charge on any atom is 0.355 e. The number of aromatic nitrogens is 5. The van der Waals surface area contributed by atoms with E-state index < -0.39 is 5.97 Å². The highest BCUT2D eigenvalue weighted by molar-refractivity contribution is 8.09. The number of hydrogen-bond acceptors (Lipinski definition) is 6. The SMILES string of the molecule is Cn1cc(/C=C2/C(=O)N3C(C(=O)O)=C(n4ccnc4)S[C@H]23)nn1. The number of fused-ring (bicyclic) bond motifs is 1. The van der Waals surface area contributed by atoms with Crippen LogP contribution in [0.4, 0.5) is 0 Å². The number of rotatable bonds is 3. The van der Waals surface area contributed by atoms with Gasteiger partial charge in [0.25, 0.3) is 5.91 Å². The molecule has 0 bridgehead atoms. The molecule has 0 unspecified atom stereocenters. The predicted octanol–water partition coefficient (Wildman–Crippen LogP) is 0.221. The van der Waals surface area contributed by atoms with Gasteiger partial charge in [0.15, 0.2) is 5.70 Å². The van der Waals surface area contributed by atoms with E-state index >= 15 is 0 Å². The average Bonchev–Trinajstić information content (AvgIpc) is 3.22. The van der Waals surface area contributed by atoms with Gasteiger partial charge in [-0.2, -0.15) is 0 Å². The van der Waals surface area contributed by atoms with Crippen LogP contribution in [0.25, 0.3) is 11.1 Å². The predicted molar refractivity (Wildman–Crippen MR) is 80.3 cm³/mol. The number of imidazole rings is 1. The molecule has 1 atom stereocenters. The van der Waals surface area contributed by atoms with E-state index in [1.54, 1.807) is 36.3 Å². The summed E-state index contributed by atoms with van der Waals surface area (Å²) in [4.78, 5) is 29.1. The summed E-state index contributed by atoms with van der Waals surface area (Å²) in [6, 6.07) is 0. The molecule has 2 aromatic heterocycles. The van der Waals surface area contributed by atoms with Crippen molar-refractivity contribution < 1.29 is 14.7 Å². The van der Waals surface area contributed by atoms with Crippen molar-refractivity contribution in [2.75, 3.05) is 0 Å². The molecule has 1 N–H and O–H groups in total. The van der Waals surface area contributed by atoms with E-state index in [0.29, 0.717) is 16.3 Å². The summed E-state index contributed by atoms with van der Waals surface area (Å²) >= 11 is 1.30. The van der Waals surface area contributed by atoms with Gasteiger partial charge in [-0.3, -0.25) is 18.9 Å². The molecule has 2 aliphatic rings. The van der Waals surface area contributed by atoms with E-state index in [2.05, 4.69) is 15.3 Å². The van der Waals surface area contributed by atoms with Crippen LogP contribution >= 0.6 is 11.8 Å². The van der Waals surface area contributed by atoms with Crippen molar-refractivity contribution in [1.82, 2.24) is 29.4 Å². The van der Waals surface area contributed by atoms with Crippen molar-refractivity contribution in [1.29, 1.82) is 0 Å². The van der Waals surface area contributed by atoms with Crippen LogP contribution in [0.5, 0.6) is 0 Å². The molecule has 1 fully saturated rings. The third kappa shape index (κ3) is 1.99. The number of aryl methyl sites for hydroxylation is 1. The molecule has 2 aromatic rings. The van der Waals surface area contributed by atoms with E-state index in [-0.39, 0.29) is 17.0 Å². The topological polar surface area (TPSA) is 106 Å². The Bertz CT molecular complexity index is 881. The maximum atomic E-state index is 12.4. The molecule has 9 nitrogen and oxygen atoms in total. The summed E-state index contributed by atoms with van der Waals surface area (Å²) in [5.74, 6) is -1.48. The van der Waals surface area contributed by atoms with Crippen LogP contribution in [0.15, 0.2) is 36.2 Å². The minimum Gasteiger partial charge on any atom is -0.476 e. The standard InChI is InChI=1S/C13H10N6O3S/c1-17-5-7(15-16-17)4-8-10(20)19-9(13(21)22)12(23-11(8)19)18-3-2-14-6-18/h2-6,11H,1H3,(H,21,22)/b8-4-/t11-/m1/s1. The molecule has 2 aliphatic heterocycles. The highest BCUT2D eigenvalue weighted by atomic mass is 32.2. The fourth-order valence-electron chi connectivity index (χ4n) is 2.50. The van der Waals surface area contributed by atoms with Crippen LogP contribution in [-0.4, -0.2) is 51.8 Å². The second-order valence-corrected chi connectivity index (χ2v) is 6.06. The monoisotopic (exact) mass is 330 g/mol. The first kappa shape index (κ1) is 13.8. The number of aliphatic carboxylic acids is 1. The van der Waals surface area contributed by atoms with Gasteiger partial charge in [0.05, 0.1) is 18.1 Å². The zero-order valence-electron chi connectivity index (χ0n) is 11.8. The van der Waals surface area contributed by atoms with Crippen molar-refractivity contribution in [3.63, 3.8) is 0 Å². The first-order chi connectivity index (χ1) is 11.1. The van der Waals surface area contributed by atoms with Gasteiger partial charge in [-0.1, -0.05) is 17.0 Å². The highest BCUT2D eigenvalue weighted by Crippen LogP contribution is 2.51. The summed E-state index contributed by atoms with van der Waals surface area (Å²) < 4.78 is 3.13. The van der Waals surface area contributed by atoms with Crippen LogP contribution < -0.4 is 0 Å². The number of carbonyl (C=O) groups is 2. The molecule has 23 heavy (non-hydrogen) atoms. The fourth-order valence-corrected chi connectivity index (χ4v) is 3.85. The molecule has 0 saturated carbocycles. The molecule has 116 valence electrons. The van der Waals surface area contributed by atoms with E-state index in [1.165, 1.54) is 27.7 Å². The number of carboxylic acid groups (broad SMARTS) is 1. The quantitative estimate of drug-likeness (QED) is 0.634. The Kier molecular flexibility index (Phi) is 2.88. The van der Waals surface area contributed by atoms with Crippen LogP contribution in [0, 0.1) is 0 Å². The Morgan fingerprint density at radius 2 is 2.30 bits per heavy atom. The van der Waals surface area contributed by atoms with Gasteiger partial charge in [-0.15, -0.1) is 5.10 Å². The van der Waals surface area contributed by atoms with Gasteiger partial charge in [0.1, 0.15) is 16.1 Å². The number of carbonyl (C=O) groups excluding carboxylic acids is 1. The normalized spacial score (nSPS) is 21.8. The minimum atomic E-state index is -1.14. The molecule has 10 heteroatoms. The Morgan fingerprint density at radius 3 is 2.91 bits per heavy atom. The first-order valence-corrected chi connectivity index (χ1v) is 7.48. The Balaban J connectivity index is 1.71. The second-order valence-electron chi connectivity index (χ2n) is 4.99. The zero-order valence-corrected chi connectivity index (χ0v) is 12.6. The van der Waals surface area contributed by atoms with Crippen LogP contribution in [-0.2, 0) is 16.6 Å². The van der Waals surface area contributed by atoms with E-state index in [1.807, 2.05) is 0 Å². The number of β-lactam (4-membered cyclic amide) rings is 1. The molecule has 0 spiro atoms. The number of thioether (sulfide) groups is 1. The molecule has 4 rings (SSSR count). The zero-order chi connectivity index (χ0) is 16.1. The Morgan fingerprint density at radius 1 is 1.48 bits per heavy atom.